The minimum Gasteiger partial charge on any atom is -0.290 e. The van der Waals surface area contributed by atoms with E-state index in [1.165, 1.54) is 14.2 Å². The molecule has 6 heteroatoms. The lowest BCUT2D eigenvalue weighted by Gasteiger charge is -2.13. The standard InChI is InChI=1S/C12H16BrO4P/c1-10(9-17-18(14,15-2)16-3)7-11-5-4-6-12(13)8-11/h4-8H,9H2,1-3H3/b10-7+. The van der Waals surface area contributed by atoms with Crippen molar-refractivity contribution in [1.82, 2.24) is 0 Å². The van der Waals surface area contributed by atoms with Crippen LogP contribution in [-0.2, 0) is 18.1 Å². The van der Waals surface area contributed by atoms with Crippen molar-refractivity contribution in [3.8, 4) is 0 Å². The van der Waals surface area contributed by atoms with E-state index in [4.69, 9.17) is 4.52 Å². The second-order valence-corrected chi connectivity index (χ2v) is 6.43. The second kappa shape index (κ2) is 7.22. The Balaban J connectivity index is 2.66. The van der Waals surface area contributed by atoms with Crippen LogP contribution in [0, 0.1) is 0 Å². The highest BCUT2D eigenvalue weighted by Gasteiger charge is 2.22. The second-order valence-electron chi connectivity index (χ2n) is 3.63. The van der Waals surface area contributed by atoms with Crippen LogP contribution in [0.5, 0.6) is 0 Å². The van der Waals surface area contributed by atoms with Crippen LogP contribution in [0.1, 0.15) is 12.5 Å². The van der Waals surface area contributed by atoms with Crippen molar-refractivity contribution in [2.75, 3.05) is 20.8 Å². The molecular weight excluding hydrogens is 319 g/mol. The van der Waals surface area contributed by atoms with Gasteiger partial charge >= 0.3 is 7.82 Å². The molecule has 0 aromatic heterocycles. The van der Waals surface area contributed by atoms with Crippen LogP contribution in [0.3, 0.4) is 0 Å². The molecule has 1 rings (SSSR count). The first-order valence-electron chi connectivity index (χ1n) is 5.28. The molecule has 100 valence electrons. The van der Waals surface area contributed by atoms with Crippen LogP contribution in [0.2, 0.25) is 0 Å². The molecule has 0 amide bonds. The fourth-order valence-electron chi connectivity index (χ4n) is 1.28. The fourth-order valence-corrected chi connectivity index (χ4v) is 2.42. The molecule has 4 nitrogen and oxygen atoms in total. The van der Waals surface area contributed by atoms with E-state index in [2.05, 4.69) is 25.0 Å². The Kier molecular flexibility index (Phi) is 6.26. The molecular formula is C12H16BrO4P. The van der Waals surface area contributed by atoms with Gasteiger partial charge in [-0.15, -0.1) is 0 Å². The summed E-state index contributed by atoms with van der Waals surface area (Å²) in [6.07, 6.45) is 1.94. The molecule has 0 atom stereocenters. The highest BCUT2D eigenvalue weighted by molar-refractivity contribution is 9.10. The quantitative estimate of drug-likeness (QED) is 0.729. The zero-order valence-electron chi connectivity index (χ0n) is 10.6. The van der Waals surface area contributed by atoms with Crippen molar-refractivity contribution in [3.05, 3.63) is 39.9 Å². The van der Waals surface area contributed by atoms with Gasteiger partial charge in [0.15, 0.2) is 0 Å². The molecule has 1 aromatic rings. The molecule has 0 bridgehead atoms. The largest absolute Gasteiger partial charge is 0.474 e. The maximum Gasteiger partial charge on any atom is 0.474 e. The highest BCUT2D eigenvalue weighted by atomic mass is 79.9. The van der Waals surface area contributed by atoms with Crippen molar-refractivity contribution in [1.29, 1.82) is 0 Å². The Hall–Kier alpha value is -0.450. The van der Waals surface area contributed by atoms with Gasteiger partial charge in [0.2, 0.25) is 0 Å². The van der Waals surface area contributed by atoms with E-state index < -0.39 is 7.82 Å². The summed E-state index contributed by atoms with van der Waals surface area (Å²) in [5.74, 6) is 0. The summed E-state index contributed by atoms with van der Waals surface area (Å²) in [4.78, 5) is 0. The van der Waals surface area contributed by atoms with E-state index in [-0.39, 0.29) is 6.61 Å². The molecule has 0 heterocycles. The summed E-state index contributed by atoms with van der Waals surface area (Å²) in [5, 5.41) is 0. The minimum absolute atomic E-state index is 0.186. The average molecular weight is 335 g/mol. The number of hydrogen-bond donors (Lipinski definition) is 0. The maximum atomic E-state index is 11.7. The van der Waals surface area contributed by atoms with Crippen molar-refractivity contribution < 1.29 is 18.1 Å². The molecule has 0 saturated heterocycles. The summed E-state index contributed by atoms with van der Waals surface area (Å²) in [6, 6.07) is 7.85. The lowest BCUT2D eigenvalue weighted by Crippen LogP contribution is -1.98. The molecule has 0 unspecified atom stereocenters. The Morgan fingerprint density at radius 1 is 1.39 bits per heavy atom. The van der Waals surface area contributed by atoms with Gasteiger partial charge in [-0.1, -0.05) is 34.1 Å². The lowest BCUT2D eigenvalue weighted by atomic mass is 10.1. The zero-order valence-corrected chi connectivity index (χ0v) is 13.0. The normalized spacial score (nSPS) is 12.8. The van der Waals surface area contributed by atoms with Crippen LogP contribution in [-0.4, -0.2) is 20.8 Å². The van der Waals surface area contributed by atoms with Gasteiger partial charge in [-0.05, 0) is 30.2 Å². The minimum atomic E-state index is -3.40. The lowest BCUT2D eigenvalue weighted by molar-refractivity contribution is 0.162. The number of halogens is 1. The monoisotopic (exact) mass is 334 g/mol. The summed E-state index contributed by atoms with van der Waals surface area (Å²) in [6.45, 7) is 2.07. The molecule has 0 radical (unpaired) electrons. The summed E-state index contributed by atoms with van der Waals surface area (Å²) >= 11 is 3.40. The number of benzene rings is 1. The smallest absolute Gasteiger partial charge is 0.290 e. The Bertz CT molecular complexity index is 465. The van der Waals surface area contributed by atoms with Crippen LogP contribution in [0.25, 0.3) is 6.08 Å². The molecule has 0 aliphatic rings. The third-order valence-corrected chi connectivity index (χ3v) is 3.99. The number of phosphoric ester groups is 1. The van der Waals surface area contributed by atoms with Crippen molar-refractivity contribution in [2.24, 2.45) is 0 Å². The van der Waals surface area contributed by atoms with Gasteiger partial charge in [0.1, 0.15) is 0 Å². The van der Waals surface area contributed by atoms with Crippen molar-refractivity contribution >= 4 is 29.8 Å². The van der Waals surface area contributed by atoms with Gasteiger partial charge in [-0.3, -0.25) is 13.6 Å². The summed E-state index contributed by atoms with van der Waals surface area (Å²) < 4.78 is 27.2. The predicted molar refractivity (Wildman–Crippen MR) is 75.4 cm³/mol. The van der Waals surface area contributed by atoms with Crippen molar-refractivity contribution in [2.45, 2.75) is 6.92 Å². The van der Waals surface area contributed by atoms with Crippen LogP contribution < -0.4 is 0 Å². The highest BCUT2D eigenvalue weighted by Crippen LogP contribution is 2.47. The summed E-state index contributed by atoms with van der Waals surface area (Å²) in [7, 11) is -0.821. The van der Waals surface area contributed by atoms with Crippen molar-refractivity contribution in [3.63, 3.8) is 0 Å². The van der Waals surface area contributed by atoms with E-state index in [0.717, 1.165) is 15.6 Å². The summed E-state index contributed by atoms with van der Waals surface area (Å²) in [5.41, 5.74) is 1.96. The fraction of sp³-hybridized carbons (Fsp3) is 0.333. The van der Waals surface area contributed by atoms with Crippen LogP contribution in [0.4, 0.5) is 0 Å². The molecule has 18 heavy (non-hydrogen) atoms. The topological polar surface area (TPSA) is 44.8 Å². The first-order valence-corrected chi connectivity index (χ1v) is 7.53. The number of phosphoric acid groups is 1. The Labute approximate surface area is 116 Å². The first kappa shape index (κ1) is 15.6. The van der Waals surface area contributed by atoms with E-state index in [9.17, 15) is 4.57 Å². The molecule has 0 aliphatic carbocycles. The van der Waals surface area contributed by atoms with Gasteiger partial charge < -0.3 is 0 Å². The molecule has 0 N–H and O–H groups in total. The molecule has 0 aliphatic heterocycles. The first-order chi connectivity index (χ1) is 8.49. The maximum absolute atomic E-state index is 11.7. The average Bonchev–Trinajstić information content (AvgIpc) is 2.36. The van der Waals surface area contributed by atoms with Gasteiger partial charge in [0.05, 0.1) is 6.61 Å². The van der Waals surface area contributed by atoms with E-state index >= 15 is 0 Å². The van der Waals surface area contributed by atoms with Crippen LogP contribution in [0.15, 0.2) is 34.3 Å². The zero-order chi connectivity index (χ0) is 13.6. The van der Waals surface area contributed by atoms with Gasteiger partial charge in [-0.2, -0.15) is 0 Å². The Morgan fingerprint density at radius 2 is 2.06 bits per heavy atom. The van der Waals surface area contributed by atoms with Gasteiger partial charge in [0, 0.05) is 18.7 Å². The van der Waals surface area contributed by atoms with Crippen LogP contribution >= 0.6 is 23.8 Å². The number of rotatable bonds is 6. The molecule has 0 saturated carbocycles. The van der Waals surface area contributed by atoms with E-state index in [0.29, 0.717) is 0 Å². The SMILES string of the molecule is COP(=O)(OC)OC/C(C)=C/c1cccc(Br)c1. The molecule has 0 spiro atoms. The van der Waals surface area contributed by atoms with E-state index in [1.54, 1.807) is 0 Å². The molecule has 1 aromatic carbocycles. The third-order valence-electron chi connectivity index (χ3n) is 2.16. The third kappa shape index (κ3) is 5.04. The van der Waals surface area contributed by atoms with E-state index in [1.807, 2.05) is 37.3 Å². The van der Waals surface area contributed by atoms with Gasteiger partial charge in [0.25, 0.3) is 0 Å². The predicted octanol–water partition coefficient (Wildman–Crippen LogP) is 4.27. The van der Waals surface area contributed by atoms with Gasteiger partial charge in [-0.25, -0.2) is 4.57 Å². The Morgan fingerprint density at radius 3 is 2.61 bits per heavy atom. The number of hydrogen-bond acceptors (Lipinski definition) is 4. The molecule has 0 fully saturated rings.